The summed E-state index contributed by atoms with van der Waals surface area (Å²) < 4.78 is 15.4. The number of thiophene rings is 1. The van der Waals surface area contributed by atoms with Crippen molar-refractivity contribution >= 4 is 22.9 Å². The number of amides is 1. The highest BCUT2D eigenvalue weighted by Crippen LogP contribution is 2.20. The minimum atomic E-state index is -0.485. The molecular formula is C14H11FN4OS. The van der Waals surface area contributed by atoms with Crippen LogP contribution in [0.25, 0.3) is 5.69 Å². The van der Waals surface area contributed by atoms with Gasteiger partial charge in [-0.25, -0.2) is 14.1 Å². The van der Waals surface area contributed by atoms with Gasteiger partial charge < -0.3 is 5.32 Å². The van der Waals surface area contributed by atoms with Gasteiger partial charge in [0.15, 0.2) is 5.82 Å². The second-order valence-corrected chi connectivity index (χ2v) is 5.66. The maximum Gasteiger partial charge on any atom is 0.265 e. The van der Waals surface area contributed by atoms with Crippen molar-refractivity contribution in [1.29, 1.82) is 0 Å². The maximum atomic E-state index is 14.0. The number of nitrogens with one attached hydrogen (secondary N) is 1. The molecule has 0 unspecified atom stereocenters. The summed E-state index contributed by atoms with van der Waals surface area (Å²) in [7, 11) is 0. The van der Waals surface area contributed by atoms with E-state index in [1.165, 1.54) is 34.7 Å². The molecule has 0 bridgehead atoms. The van der Waals surface area contributed by atoms with Crippen LogP contribution in [0.1, 0.15) is 14.5 Å². The quantitative estimate of drug-likeness (QED) is 0.809. The minimum Gasteiger partial charge on any atom is -0.321 e. The summed E-state index contributed by atoms with van der Waals surface area (Å²) in [6.45, 7) is 1.92. The third kappa shape index (κ3) is 2.82. The number of nitrogens with zero attached hydrogens (tertiary/aromatic N) is 3. The van der Waals surface area contributed by atoms with Crippen molar-refractivity contribution in [2.24, 2.45) is 0 Å². The first-order valence-electron chi connectivity index (χ1n) is 6.16. The predicted molar refractivity (Wildman–Crippen MR) is 78.3 cm³/mol. The zero-order valence-electron chi connectivity index (χ0n) is 11.1. The van der Waals surface area contributed by atoms with Gasteiger partial charge in [0.1, 0.15) is 18.3 Å². The molecule has 106 valence electrons. The van der Waals surface area contributed by atoms with Crippen molar-refractivity contribution in [3.63, 3.8) is 0 Å². The number of carbonyl (C=O) groups is 1. The van der Waals surface area contributed by atoms with Crippen molar-refractivity contribution in [3.8, 4) is 5.69 Å². The standard InChI is InChI=1S/C14H11FN4OS/c1-9-2-5-13(21-9)14(20)18-10-3-4-12(11(15)6-10)19-8-16-7-17-19/h2-8H,1H3,(H,18,20). The first kappa shape index (κ1) is 13.4. The Balaban J connectivity index is 1.81. The topological polar surface area (TPSA) is 59.8 Å². The second-order valence-electron chi connectivity index (χ2n) is 4.37. The summed E-state index contributed by atoms with van der Waals surface area (Å²) in [5, 5.41) is 6.54. The number of rotatable bonds is 3. The van der Waals surface area contributed by atoms with Crippen molar-refractivity contribution in [1.82, 2.24) is 14.8 Å². The molecule has 0 aliphatic heterocycles. The summed E-state index contributed by atoms with van der Waals surface area (Å²) in [5.74, 6) is -0.735. The Labute approximate surface area is 124 Å². The van der Waals surface area contributed by atoms with Crippen LogP contribution in [0.15, 0.2) is 43.0 Å². The number of halogens is 1. The van der Waals surface area contributed by atoms with E-state index in [2.05, 4.69) is 15.4 Å². The highest BCUT2D eigenvalue weighted by Gasteiger charge is 2.11. The van der Waals surface area contributed by atoms with Gasteiger partial charge in [0.05, 0.1) is 4.88 Å². The molecule has 21 heavy (non-hydrogen) atoms. The molecular weight excluding hydrogens is 291 g/mol. The molecule has 0 spiro atoms. The number of hydrogen-bond acceptors (Lipinski definition) is 4. The molecule has 1 N–H and O–H groups in total. The van der Waals surface area contributed by atoms with Gasteiger partial charge >= 0.3 is 0 Å². The lowest BCUT2D eigenvalue weighted by Crippen LogP contribution is -2.10. The predicted octanol–water partition coefficient (Wildman–Crippen LogP) is 3.03. The molecule has 0 atom stereocenters. The molecule has 0 radical (unpaired) electrons. The fourth-order valence-electron chi connectivity index (χ4n) is 1.85. The molecule has 0 fully saturated rings. The lowest BCUT2D eigenvalue weighted by molar-refractivity contribution is 0.103. The summed E-state index contributed by atoms with van der Waals surface area (Å²) in [6.07, 6.45) is 2.74. The molecule has 5 nitrogen and oxygen atoms in total. The summed E-state index contributed by atoms with van der Waals surface area (Å²) in [5.41, 5.74) is 0.671. The van der Waals surface area contributed by atoms with E-state index in [1.807, 2.05) is 13.0 Å². The number of benzene rings is 1. The second kappa shape index (κ2) is 5.45. The van der Waals surface area contributed by atoms with E-state index in [-0.39, 0.29) is 11.6 Å². The fraction of sp³-hybridized carbons (Fsp3) is 0.0714. The van der Waals surface area contributed by atoms with E-state index in [1.54, 1.807) is 18.2 Å². The number of aryl methyl sites for hydroxylation is 1. The van der Waals surface area contributed by atoms with Crippen LogP contribution in [0, 0.1) is 12.7 Å². The molecule has 7 heteroatoms. The van der Waals surface area contributed by atoms with Gasteiger partial charge in [-0.2, -0.15) is 5.10 Å². The van der Waals surface area contributed by atoms with Crippen molar-refractivity contribution in [2.75, 3.05) is 5.32 Å². The van der Waals surface area contributed by atoms with Crippen molar-refractivity contribution in [2.45, 2.75) is 6.92 Å². The van der Waals surface area contributed by atoms with Crippen LogP contribution < -0.4 is 5.32 Å². The zero-order chi connectivity index (χ0) is 14.8. The van der Waals surface area contributed by atoms with E-state index in [9.17, 15) is 9.18 Å². The number of aromatic nitrogens is 3. The van der Waals surface area contributed by atoms with Gasteiger partial charge in [0.25, 0.3) is 5.91 Å². The molecule has 0 saturated heterocycles. The lowest BCUT2D eigenvalue weighted by Gasteiger charge is -2.07. The average molecular weight is 302 g/mol. The lowest BCUT2D eigenvalue weighted by atomic mass is 10.2. The number of anilines is 1. The smallest absolute Gasteiger partial charge is 0.265 e. The Morgan fingerprint density at radius 2 is 2.19 bits per heavy atom. The van der Waals surface area contributed by atoms with Crippen molar-refractivity contribution < 1.29 is 9.18 Å². The van der Waals surface area contributed by atoms with E-state index >= 15 is 0 Å². The highest BCUT2D eigenvalue weighted by atomic mass is 32.1. The first-order chi connectivity index (χ1) is 10.1. The van der Waals surface area contributed by atoms with E-state index in [4.69, 9.17) is 0 Å². The Hall–Kier alpha value is -2.54. The van der Waals surface area contributed by atoms with Crippen LogP contribution in [0.3, 0.4) is 0 Å². The van der Waals surface area contributed by atoms with Crippen LogP contribution >= 0.6 is 11.3 Å². The van der Waals surface area contributed by atoms with Gasteiger partial charge in [-0.05, 0) is 37.3 Å². The van der Waals surface area contributed by atoms with Gasteiger partial charge in [-0.1, -0.05) is 0 Å². The maximum absolute atomic E-state index is 14.0. The van der Waals surface area contributed by atoms with Gasteiger partial charge in [0.2, 0.25) is 0 Å². The molecule has 3 aromatic rings. The van der Waals surface area contributed by atoms with E-state index in [0.717, 1.165) is 4.88 Å². The van der Waals surface area contributed by atoms with Gasteiger partial charge in [-0.3, -0.25) is 4.79 Å². The van der Waals surface area contributed by atoms with Crippen LogP contribution in [-0.2, 0) is 0 Å². The summed E-state index contributed by atoms with van der Waals surface area (Å²) in [6, 6.07) is 8.04. The molecule has 1 aromatic carbocycles. The Morgan fingerprint density at radius 1 is 1.33 bits per heavy atom. The first-order valence-corrected chi connectivity index (χ1v) is 6.97. The fourth-order valence-corrected chi connectivity index (χ4v) is 2.62. The Kier molecular flexibility index (Phi) is 3.49. The van der Waals surface area contributed by atoms with E-state index in [0.29, 0.717) is 10.6 Å². The minimum absolute atomic E-state index is 0.249. The molecule has 0 saturated carbocycles. The largest absolute Gasteiger partial charge is 0.321 e. The van der Waals surface area contributed by atoms with Gasteiger partial charge in [-0.15, -0.1) is 11.3 Å². The van der Waals surface area contributed by atoms with Crippen LogP contribution in [0.2, 0.25) is 0 Å². The molecule has 0 aliphatic rings. The normalized spacial score (nSPS) is 10.6. The molecule has 2 heterocycles. The average Bonchev–Trinajstić information content (AvgIpc) is 3.10. The Morgan fingerprint density at radius 3 is 2.81 bits per heavy atom. The summed E-state index contributed by atoms with van der Waals surface area (Å²) >= 11 is 1.39. The molecule has 0 aliphatic carbocycles. The summed E-state index contributed by atoms with van der Waals surface area (Å²) in [4.78, 5) is 17.4. The number of hydrogen-bond donors (Lipinski definition) is 1. The van der Waals surface area contributed by atoms with Crippen LogP contribution in [-0.4, -0.2) is 20.7 Å². The SMILES string of the molecule is Cc1ccc(C(=O)Nc2ccc(-n3cncn3)c(F)c2)s1. The van der Waals surface area contributed by atoms with Crippen LogP contribution in [0.5, 0.6) is 0 Å². The Bertz CT molecular complexity index is 782. The van der Waals surface area contributed by atoms with Gasteiger partial charge in [0, 0.05) is 10.6 Å². The third-order valence-corrected chi connectivity index (χ3v) is 3.83. The third-order valence-electron chi connectivity index (χ3n) is 2.84. The molecule has 1 amide bonds. The highest BCUT2D eigenvalue weighted by molar-refractivity contribution is 7.14. The van der Waals surface area contributed by atoms with Crippen molar-refractivity contribution in [3.05, 3.63) is 58.6 Å². The zero-order valence-corrected chi connectivity index (χ0v) is 11.9. The van der Waals surface area contributed by atoms with E-state index < -0.39 is 5.82 Å². The number of carbonyl (C=O) groups excluding carboxylic acids is 1. The molecule has 3 rings (SSSR count). The van der Waals surface area contributed by atoms with Crippen LogP contribution in [0.4, 0.5) is 10.1 Å². The monoisotopic (exact) mass is 302 g/mol. The molecule has 2 aromatic heterocycles.